The van der Waals surface area contributed by atoms with E-state index in [9.17, 15) is 13.2 Å². The Morgan fingerprint density at radius 3 is 2.37 bits per heavy atom. The Balaban J connectivity index is 3.01. The smallest absolute Gasteiger partial charge is 0.321 e. The highest BCUT2D eigenvalue weighted by atomic mass is 32.2. The fourth-order valence-corrected chi connectivity index (χ4v) is 4.69. The van der Waals surface area contributed by atoms with E-state index < -0.39 is 22.0 Å². The van der Waals surface area contributed by atoms with Crippen LogP contribution >= 0.6 is 11.3 Å². The fraction of sp³-hybridized carbons (Fsp3) is 0.583. The molecule has 108 valence electrons. The second-order valence-corrected chi connectivity index (χ2v) is 8.13. The molecule has 1 heterocycles. The zero-order chi connectivity index (χ0) is 14.8. The van der Waals surface area contributed by atoms with E-state index in [4.69, 9.17) is 5.11 Å². The van der Waals surface area contributed by atoms with Gasteiger partial charge in [-0.15, -0.1) is 11.3 Å². The van der Waals surface area contributed by atoms with E-state index in [2.05, 4.69) is 4.72 Å². The third-order valence-electron chi connectivity index (χ3n) is 2.54. The average Bonchev–Trinajstić information content (AvgIpc) is 2.56. The summed E-state index contributed by atoms with van der Waals surface area (Å²) >= 11 is 1.15. The molecule has 0 aromatic carbocycles. The van der Waals surface area contributed by atoms with Crippen molar-refractivity contribution in [1.82, 2.24) is 4.72 Å². The molecule has 1 atom stereocenters. The summed E-state index contributed by atoms with van der Waals surface area (Å²) in [5.41, 5.74) is 0.642. The minimum absolute atomic E-state index is 0.0926. The predicted octanol–water partition coefficient (Wildman–Crippen LogP) is 2.14. The molecular weight excluding hydrogens is 286 g/mol. The number of thiophene rings is 1. The first-order chi connectivity index (χ1) is 8.63. The van der Waals surface area contributed by atoms with Gasteiger partial charge in [0, 0.05) is 4.88 Å². The van der Waals surface area contributed by atoms with Gasteiger partial charge in [-0.3, -0.25) is 4.79 Å². The minimum atomic E-state index is -3.77. The van der Waals surface area contributed by atoms with Crippen LogP contribution in [0, 0.1) is 19.8 Å². The third kappa shape index (κ3) is 4.29. The Morgan fingerprint density at radius 1 is 1.42 bits per heavy atom. The molecule has 0 amide bonds. The van der Waals surface area contributed by atoms with Gasteiger partial charge in [0.15, 0.2) is 0 Å². The second kappa shape index (κ2) is 6.02. The lowest BCUT2D eigenvalue weighted by atomic mass is 10.1. The number of sulfonamides is 1. The zero-order valence-electron chi connectivity index (χ0n) is 11.4. The van der Waals surface area contributed by atoms with Crippen LogP contribution in [0.3, 0.4) is 0 Å². The normalized spacial score (nSPS) is 13.7. The lowest BCUT2D eigenvalue weighted by Gasteiger charge is -2.16. The molecule has 0 radical (unpaired) electrons. The van der Waals surface area contributed by atoms with Crippen molar-refractivity contribution < 1.29 is 18.3 Å². The molecule has 0 bridgehead atoms. The van der Waals surface area contributed by atoms with E-state index in [0.29, 0.717) is 5.56 Å². The summed E-state index contributed by atoms with van der Waals surface area (Å²) in [7, 11) is -3.77. The Morgan fingerprint density at radius 2 is 2.00 bits per heavy atom. The van der Waals surface area contributed by atoms with Gasteiger partial charge in [-0.1, -0.05) is 13.8 Å². The van der Waals surface area contributed by atoms with Crippen LogP contribution in [0.25, 0.3) is 0 Å². The number of nitrogens with one attached hydrogen (secondary N) is 1. The first-order valence-electron chi connectivity index (χ1n) is 5.95. The van der Waals surface area contributed by atoms with Crippen LogP contribution in [0.4, 0.5) is 0 Å². The van der Waals surface area contributed by atoms with Crippen LogP contribution < -0.4 is 4.72 Å². The SMILES string of the molecule is Cc1cc(C)c(S(=O)(=O)NC(CC(C)C)C(=O)O)s1. The number of rotatable bonds is 6. The average molecular weight is 305 g/mol. The number of carboxylic acids is 1. The first-order valence-corrected chi connectivity index (χ1v) is 8.25. The highest BCUT2D eigenvalue weighted by molar-refractivity contribution is 7.91. The topological polar surface area (TPSA) is 83.5 Å². The molecule has 7 heteroatoms. The van der Waals surface area contributed by atoms with Crippen molar-refractivity contribution in [2.24, 2.45) is 5.92 Å². The highest BCUT2D eigenvalue weighted by Crippen LogP contribution is 2.26. The third-order valence-corrected chi connectivity index (χ3v) is 5.80. The van der Waals surface area contributed by atoms with Crippen molar-refractivity contribution in [1.29, 1.82) is 0 Å². The quantitative estimate of drug-likeness (QED) is 0.843. The van der Waals surface area contributed by atoms with Gasteiger partial charge in [0.2, 0.25) is 0 Å². The molecule has 0 fully saturated rings. The number of carboxylic acid groups (broad SMARTS) is 1. The minimum Gasteiger partial charge on any atom is -0.480 e. The molecule has 1 aromatic heterocycles. The van der Waals surface area contributed by atoms with Crippen molar-refractivity contribution in [3.05, 3.63) is 16.5 Å². The number of carbonyl (C=O) groups is 1. The van der Waals surface area contributed by atoms with E-state index in [1.54, 1.807) is 13.0 Å². The van der Waals surface area contributed by atoms with Crippen molar-refractivity contribution in [3.63, 3.8) is 0 Å². The van der Waals surface area contributed by atoms with Gasteiger partial charge in [0.25, 0.3) is 10.0 Å². The molecule has 0 aliphatic carbocycles. The van der Waals surface area contributed by atoms with Crippen molar-refractivity contribution in [2.45, 2.75) is 44.4 Å². The largest absolute Gasteiger partial charge is 0.480 e. The molecule has 5 nitrogen and oxygen atoms in total. The van der Waals surface area contributed by atoms with Crippen LogP contribution in [0.2, 0.25) is 0 Å². The monoisotopic (exact) mass is 305 g/mol. The van der Waals surface area contributed by atoms with E-state index in [1.165, 1.54) is 0 Å². The number of aryl methyl sites for hydroxylation is 2. The van der Waals surface area contributed by atoms with E-state index in [0.717, 1.165) is 16.2 Å². The first kappa shape index (κ1) is 16.1. The Hall–Kier alpha value is -0.920. The van der Waals surface area contributed by atoms with E-state index >= 15 is 0 Å². The van der Waals surface area contributed by atoms with Crippen LogP contribution in [-0.2, 0) is 14.8 Å². The van der Waals surface area contributed by atoms with E-state index in [1.807, 2.05) is 20.8 Å². The van der Waals surface area contributed by atoms with Gasteiger partial charge >= 0.3 is 5.97 Å². The van der Waals surface area contributed by atoms with Gasteiger partial charge < -0.3 is 5.11 Å². The molecule has 0 aliphatic rings. The maximum Gasteiger partial charge on any atom is 0.321 e. The Kier molecular flexibility index (Phi) is 5.11. The van der Waals surface area contributed by atoms with E-state index in [-0.39, 0.29) is 16.5 Å². The van der Waals surface area contributed by atoms with Gasteiger partial charge in [0.05, 0.1) is 0 Å². The maximum absolute atomic E-state index is 12.2. The summed E-state index contributed by atoms with van der Waals surface area (Å²) in [6.07, 6.45) is 0.262. The molecule has 1 unspecified atom stereocenters. The zero-order valence-corrected chi connectivity index (χ0v) is 13.1. The predicted molar refractivity (Wildman–Crippen MR) is 75.0 cm³/mol. The number of aliphatic carboxylic acids is 1. The van der Waals surface area contributed by atoms with Gasteiger partial charge in [-0.05, 0) is 37.8 Å². The standard InChI is InChI=1S/C12H19NO4S2/c1-7(2)5-10(11(14)15)13-19(16,17)12-8(3)6-9(4)18-12/h6-7,10,13H,5H2,1-4H3,(H,14,15). The lowest BCUT2D eigenvalue weighted by Crippen LogP contribution is -2.41. The van der Waals surface area contributed by atoms with Crippen LogP contribution in [0.1, 0.15) is 30.7 Å². The summed E-state index contributed by atoms with van der Waals surface area (Å²) in [5.74, 6) is -1.06. The lowest BCUT2D eigenvalue weighted by molar-refractivity contribution is -0.139. The molecule has 0 spiro atoms. The molecule has 0 aliphatic heterocycles. The summed E-state index contributed by atoms with van der Waals surface area (Å²) < 4.78 is 26.9. The highest BCUT2D eigenvalue weighted by Gasteiger charge is 2.28. The summed E-state index contributed by atoms with van der Waals surface area (Å²) in [6, 6.07) is 0.684. The van der Waals surface area contributed by atoms with Crippen LogP contribution in [0.15, 0.2) is 10.3 Å². The Bertz CT molecular complexity index is 560. The molecule has 0 saturated carbocycles. The summed E-state index contributed by atoms with van der Waals surface area (Å²) in [4.78, 5) is 12.0. The molecule has 1 aromatic rings. The van der Waals surface area contributed by atoms with Crippen LogP contribution in [-0.4, -0.2) is 25.5 Å². The van der Waals surface area contributed by atoms with Crippen molar-refractivity contribution in [2.75, 3.05) is 0 Å². The summed E-state index contributed by atoms with van der Waals surface area (Å²) in [6.45, 7) is 7.23. The molecule has 0 saturated heterocycles. The molecular formula is C12H19NO4S2. The van der Waals surface area contributed by atoms with Crippen molar-refractivity contribution >= 4 is 27.3 Å². The molecule has 1 rings (SSSR count). The maximum atomic E-state index is 12.2. The van der Waals surface area contributed by atoms with Crippen molar-refractivity contribution in [3.8, 4) is 0 Å². The van der Waals surface area contributed by atoms with Gasteiger partial charge in [-0.25, -0.2) is 8.42 Å². The van der Waals surface area contributed by atoms with Gasteiger partial charge in [0.1, 0.15) is 10.3 Å². The van der Waals surface area contributed by atoms with Crippen LogP contribution in [0.5, 0.6) is 0 Å². The Labute approximate surface area is 117 Å². The number of hydrogen-bond acceptors (Lipinski definition) is 4. The molecule has 19 heavy (non-hydrogen) atoms. The number of hydrogen-bond donors (Lipinski definition) is 2. The van der Waals surface area contributed by atoms with Gasteiger partial charge in [-0.2, -0.15) is 4.72 Å². The second-order valence-electron chi connectivity index (χ2n) is 4.97. The molecule has 2 N–H and O–H groups in total. The summed E-state index contributed by atoms with van der Waals surface area (Å²) in [5, 5.41) is 9.08. The fourth-order valence-electron chi connectivity index (χ4n) is 1.80.